The van der Waals surface area contributed by atoms with Gasteiger partial charge < -0.3 is 9.15 Å². The van der Waals surface area contributed by atoms with Gasteiger partial charge in [-0.25, -0.2) is 9.59 Å². The van der Waals surface area contributed by atoms with E-state index >= 15 is 0 Å². The largest absolute Gasteiger partial charge is 0.460 e. The summed E-state index contributed by atoms with van der Waals surface area (Å²) >= 11 is 5.53. The van der Waals surface area contributed by atoms with Crippen molar-refractivity contribution in [2.45, 2.75) is 6.92 Å². The van der Waals surface area contributed by atoms with Crippen molar-refractivity contribution >= 4 is 17.6 Å². The molecule has 13 heavy (non-hydrogen) atoms. The van der Waals surface area contributed by atoms with Crippen LogP contribution in [0, 0.1) is 0 Å². The van der Waals surface area contributed by atoms with E-state index in [0.29, 0.717) is 0 Å². The number of ether oxygens (including phenoxy) is 1. The highest BCUT2D eigenvalue weighted by Crippen LogP contribution is 2.08. The van der Waals surface area contributed by atoms with E-state index in [0.717, 1.165) is 6.07 Å². The molecule has 0 saturated carbocycles. The third-order valence-corrected chi connectivity index (χ3v) is 1.43. The van der Waals surface area contributed by atoms with Crippen LogP contribution in [0.15, 0.2) is 21.3 Å². The summed E-state index contributed by atoms with van der Waals surface area (Å²) in [4.78, 5) is 21.8. The SMILES string of the molecule is CCOC(=O)c1cc(Cl)cc(=O)o1. The molecule has 0 amide bonds. The first-order chi connectivity index (χ1) is 6.13. The van der Waals surface area contributed by atoms with Crippen LogP contribution >= 0.6 is 11.6 Å². The summed E-state index contributed by atoms with van der Waals surface area (Å²) in [7, 11) is 0. The fraction of sp³-hybridized carbons (Fsp3) is 0.250. The third kappa shape index (κ3) is 2.59. The Balaban J connectivity index is 3.01. The first-order valence-corrected chi connectivity index (χ1v) is 3.99. The van der Waals surface area contributed by atoms with Crippen LogP contribution in [-0.2, 0) is 4.74 Å². The van der Waals surface area contributed by atoms with E-state index in [1.54, 1.807) is 6.92 Å². The fourth-order valence-corrected chi connectivity index (χ4v) is 0.938. The van der Waals surface area contributed by atoms with Crippen LogP contribution in [0.5, 0.6) is 0 Å². The Bertz CT molecular complexity index is 369. The van der Waals surface area contributed by atoms with Crippen LogP contribution in [0.2, 0.25) is 5.02 Å². The quantitative estimate of drug-likeness (QED) is 0.682. The summed E-state index contributed by atoms with van der Waals surface area (Å²) in [5.41, 5.74) is -0.671. The lowest BCUT2D eigenvalue weighted by atomic mass is 10.4. The molecule has 0 aliphatic heterocycles. The molecule has 1 heterocycles. The minimum atomic E-state index is -0.692. The molecule has 4 nitrogen and oxygen atoms in total. The van der Waals surface area contributed by atoms with Gasteiger partial charge in [-0.2, -0.15) is 0 Å². The van der Waals surface area contributed by atoms with Gasteiger partial charge in [0.25, 0.3) is 0 Å². The molecular formula is C8H7ClO4. The molecule has 0 N–H and O–H groups in total. The Morgan fingerprint density at radius 3 is 2.85 bits per heavy atom. The van der Waals surface area contributed by atoms with Gasteiger partial charge in [-0.05, 0) is 6.92 Å². The number of halogens is 1. The Morgan fingerprint density at radius 1 is 1.62 bits per heavy atom. The van der Waals surface area contributed by atoms with Crippen LogP contribution in [-0.4, -0.2) is 12.6 Å². The van der Waals surface area contributed by atoms with Crippen molar-refractivity contribution in [2.75, 3.05) is 6.61 Å². The zero-order valence-corrected chi connectivity index (χ0v) is 7.63. The highest BCUT2D eigenvalue weighted by Gasteiger charge is 2.10. The van der Waals surface area contributed by atoms with E-state index in [2.05, 4.69) is 9.15 Å². The summed E-state index contributed by atoms with van der Waals surface area (Å²) < 4.78 is 9.17. The molecule has 0 aliphatic rings. The van der Waals surface area contributed by atoms with Gasteiger partial charge in [-0.3, -0.25) is 0 Å². The smallest absolute Gasteiger partial charge is 0.374 e. The standard InChI is InChI=1S/C8H7ClO4/c1-2-12-8(11)6-3-5(9)4-7(10)13-6/h3-4H,2H2,1H3. The molecule has 0 aromatic carbocycles. The number of esters is 1. The monoisotopic (exact) mass is 202 g/mol. The molecule has 1 rings (SSSR count). The van der Waals surface area contributed by atoms with Gasteiger partial charge in [0, 0.05) is 12.1 Å². The Morgan fingerprint density at radius 2 is 2.31 bits per heavy atom. The topological polar surface area (TPSA) is 56.5 Å². The minimum Gasteiger partial charge on any atom is -0.460 e. The van der Waals surface area contributed by atoms with E-state index in [-0.39, 0.29) is 17.4 Å². The lowest BCUT2D eigenvalue weighted by Crippen LogP contribution is -2.08. The summed E-state index contributed by atoms with van der Waals surface area (Å²) in [6, 6.07) is 2.31. The molecule has 0 fully saturated rings. The molecule has 1 aromatic heterocycles. The van der Waals surface area contributed by atoms with E-state index in [1.165, 1.54) is 6.07 Å². The summed E-state index contributed by atoms with van der Waals surface area (Å²) in [5.74, 6) is -0.874. The number of carbonyl (C=O) groups is 1. The van der Waals surface area contributed by atoms with Gasteiger partial charge in [0.15, 0.2) is 0 Å². The maximum absolute atomic E-state index is 11.0. The summed E-state index contributed by atoms with van der Waals surface area (Å²) in [6.07, 6.45) is 0. The maximum Gasteiger partial charge on any atom is 0.374 e. The molecule has 0 aliphatic carbocycles. The van der Waals surface area contributed by atoms with E-state index in [1.807, 2.05) is 0 Å². The molecule has 1 aromatic rings. The van der Waals surface area contributed by atoms with Gasteiger partial charge in [0.2, 0.25) is 5.76 Å². The second-order valence-corrected chi connectivity index (χ2v) is 2.62. The highest BCUT2D eigenvalue weighted by atomic mass is 35.5. The van der Waals surface area contributed by atoms with Crippen molar-refractivity contribution in [1.29, 1.82) is 0 Å². The van der Waals surface area contributed by atoms with Crippen molar-refractivity contribution in [3.05, 3.63) is 33.3 Å². The average molecular weight is 203 g/mol. The Kier molecular flexibility index (Phi) is 3.08. The molecular weight excluding hydrogens is 196 g/mol. The van der Waals surface area contributed by atoms with Crippen molar-refractivity contribution in [1.82, 2.24) is 0 Å². The molecule has 0 radical (unpaired) electrons. The third-order valence-electron chi connectivity index (χ3n) is 1.21. The Hall–Kier alpha value is -1.29. The number of carbonyl (C=O) groups excluding carboxylic acids is 1. The molecule has 0 bridgehead atoms. The molecule has 0 unspecified atom stereocenters. The second-order valence-electron chi connectivity index (χ2n) is 2.18. The zero-order valence-electron chi connectivity index (χ0n) is 6.87. The van der Waals surface area contributed by atoms with Gasteiger partial charge in [0.05, 0.1) is 11.6 Å². The first-order valence-electron chi connectivity index (χ1n) is 3.61. The molecule has 0 saturated heterocycles. The average Bonchev–Trinajstić information content (AvgIpc) is 2.03. The van der Waals surface area contributed by atoms with Crippen molar-refractivity contribution < 1.29 is 13.9 Å². The van der Waals surface area contributed by atoms with Crippen LogP contribution in [0.25, 0.3) is 0 Å². The first kappa shape index (κ1) is 9.80. The van der Waals surface area contributed by atoms with Gasteiger partial charge in [0.1, 0.15) is 0 Å². The van der Waals surface area contributed by atoms with Gasteiger partial charge in [-0.1, -0.05) is 11.6 Å². The number of rotatable bonds is 2. The summed E-state index contributed by atoms with van der Waals surface area (Å²) in [6.45, 7) is 1.87. The van der Waals surface area contributed by atoms with Crippen molar-refractivity contribution in [3.63, 3.8) is 0 Å². The lowest BCUT2D eigenvalue weighted by molar-refractivity contribution is 0.0484. The minimum absolute atomic E-state index is 0.152. The Labute approximate surface area is 79.1 Å². The lowest BCUT2D eigenvalue weighted by Gasteiger charge is -1.99. The zero-order chi connectivity index (χ0) is 9.84. The van der Waals surface area contributed by atoms with Gasteiger partial charge in [-0.15, -0.1) is 0 Å². The normalized spacial score (nSPS) is 9.69. The van der Waals surface area contributed by atoms with Crippen LogP contribution in [0.1, 0.15) is 17.5 Å². The van der Waals surface area contributed by atoms with E-state index in [4.69, 9.17) is 11.6 Å². The van der Waals surface area contributed by atoms with Crippen LogP contribution < -0.4 is 5.63 Å². The summed E-state index contributed by atoms with van der Waals surface area (Å²) in [5, 5.41) is 0.152. The van der Waals surface area contributed by atoms with E-state index in [9.17, 15) is 9.59 Å². The van der Waals surface area contributed by atoms with Crippen LogP contribution in [0.3, 0.4) is 0 Å². The second kappa shape index (κ2) is 4.09. The highest BCUT2D eigenvalue weighted by molar-refractivity contribution is 6.30. The van der Waals surface area contributed by atoms with Crippen molar-refractivity contribution in [2.24, 2.45) is 0 Å². The van der Waals surface area contributed by atoms with Gasteiger partial charge >= 0.3 is 11.6 Å². The molecule has 0 spiro atoms. The fourth-order valence-electron chi connectivity index (χ4n) is 0.750. The molecule has 5 heteroatoms. The maximum atomic E-state index is 11.0. The predicted molar refractivity (Wildman–Crippen MR) is 45.9 cm³/mol. The molecule has 0 atom stereocenters. The number of hydrogen-bond donors (Lipinski definition) is 0. The number of hydrogen-bond acceptors (Lipinski definition) is 4. The van der Waals surface area contributed by atoms with E-state index < -0.39 is 11.6 Å². The van der Waals surface area contributed by atoms with Crippen LogP contribution in [0.4, 0.5) is 0 Å². The molecule has 70 valence electrons. The predicted octanol–water partition coefficient (Wildman–Crippen LogP) is 1.47. The van der Waals surface area contributed by atoms with Crippen molar-refractivity contribution in [3.8, 4) is 0 Å².